The second-order valence-electron chi connectivity index (χ2n) is 6.54. The van der Waals surface area contributed by atoms with Gasteiger partial charge in [0.15, 0.2) is 0 Å². The third kappa shape index (κ3) is 5.10. The second-order valence-corrected chi connectivity index (χ2v) is 7.95. The average molecular weight is 377 g/mol. The Labute approximate surface area is 159 Å². The number of rotatable bonds is 8. The van der Waals surface area contributed by atoms with Crippen molar-refractivity contribution in [3.63, 3.8) is 0 Å². The number of benzene rings is 1. The van der Waals surface area contributed by atoms with E-state index in [4.69, 9.17) is 0 Å². The fourth-order valence-corrected chi connectivity index (χ4v) is 4.22. The molecule has 26 heavy (non-hydrogen) atoms. The normalized spacial score (nSPS) is 20.3. The molecular formula is C20H28N2O3S. The molecule has 1 N–H and O–H groups in total. The van der Waals surface area contributed by atoms with Gasteiger partial charge in [0.25, 0.3) is 0 Å². The van der Waals surface area contributed by atoms with Crippen molar-refractivity contribution in [2.24, 2.45) is 0 Å². The predicted octanol–water partition coefficient (Wildman–Crippen LogP) is 3.63. The highest BCUT2D eigenvalue weighted by Crippen LogP contribution is 2.31. The fraction of sp³-hybridized carbons (Fsp3) is 0.550. The van der Waals surface area contributed by atoms with E-state index in [9.17, 15) is 14.4 Å². The van der Waals surface area contributed by atoms with Gasteiger partial charge in [0.05, 0.1) is 10.5 Å². The highest BCUT2D eigenvalue weighted by atomic mass is 32.2. The van der Waals surface area contributed by atoms with Crippen molar-refractivity contribution in [2.75, 3.05) is 11.9 Å². The summed E-state index contributed by atoms with van der Waals surface area (Å²) in [6.07, 6.45) is 4.62. The van der Waals surface area contributed by atoms with E-state index in [0.717, 1.165) is 24.2 Å². The Hall–Kier alpha value is -1.82. The first-order valence-electron chi connectivity index (χ1n) is 9.39. The van der Waals surface area contributed by atoms with E-state index in [-0.39, 0.29) is 34.8 Å². The van der Waals surface area contributed by atoms with Crippen molar-refractivity contribution in [3.05, 3.63) is 29.8 Å². The molecule has 3 amide bonds. The molecule has 0 radical (unpaired) electrons. The van der Waals surface area contributed by atoms with Crippen LogP contribution in [0.25, 0.3) is 0 Å². The summed E-state index contributed by atoms with van der Waals surface area (Å²) in [5.74, 6) is -0.848. The lowest BCUT2D eigenvalue weighted by molar-refractivity contribution is -0.147. The number of hydrogen-bond acceptors (Lipinski definition) is 4. The van der Waals surface area contributed by atoms with Gasteiger partial charge >= 0.3 is 0 Å². The lowest BCUT2D eigenvalue weighted by Gasteiger charge is -2.34. The van der Waals surface area contributed by atoms with Crippen molar-refractivity contribution >= 4 is 35.2 Å². The number of carbonyl (C=O) groups is 3. The van der Waals surface area contributed by atoms with Gasteiger partial charge in [-0.15, -0.1) is 11.8 Å². The number of carbonyl (C=O) groups excluding carboxylic acids is 3. The van der Waals surface area contributed by atoms with Gasteiger partial charge in [0.2, 0.25) is 17.7 Å². The van der Waals surface area contributed by atoms with E-state index in [1.165, 1.54) is 17.3 Å². The first-order chi connectivity index (χ1) is 12.5. The lowest BCUT2D eigenvalue weighted by atomic mass is 10.1. The fourth-order valence-electron chi connectivity index (χ4n) is 2.95. The van der Waals surface area contributed by atoms with Gasteiger partial charge in [-0.05, 0) is 43.4 Å². The van der Waals surface area contributed by atoms with Gasteiger partial charge in [-0.25, -0.2) is 0 Å². The molecule has 1 heterocycles. The zero-order chi connectivity index (χ0) is 19.1. The number of nitrogens with one attached hydrogen (secondary N) is 1. The molecule has 2 rings (SSSR count). The number of imide groups is 1. The molecule has 0 spiro atoms. The van der Waals surface area contributed by atoms with Crippen LogP contribution >= 0.6 is 11.8 Å². The van der Waals surface area contributed by atoms with Crippen LogP contribution in [0.1, 0.15) is 52.0 Å². The van der Waals surface area contributed by atoms with Crippen LogP contribution < -0.4 is 5.32 Å². The maximum absolute atomic E-state index is 12.5. The lowest BCUT2D eigenvalue weighted by Crippen LogP contribution is -2.53. The van der Waals surface area contributed by atoms with E-state index in [2.05, 4.69) is 12.2 Å². The molecule has 5 nitrogen and oxygen atoms in total. The Morgan fingerprint density at radius 3 is 2.12 bits per heavy atom. The van der Waals surface area contributed by atoms with Gasteiger partial charge in [-0.3, -0.25) is 19.3 Å². The molecule has 0 aliphatic carbocycles. The Morgan fingerprint density at radius 1 is 1.04 bits per heavy atom. The van der Waals surface area contributed by atoms with Crippen molar-refractivity contribution in [3.8, 4) is 0 Å². The van der Waals surface area contributed by atoms with E-state index >= 15 is 0 Å². The monoisotopic (exact) mass is 376 g/mol. The number of thioether (sulfide) groups is 1. The molecule has 6 heteroatoms. The highest BCUT2D eigenvalue weighted by Gasteiger charge is 2.40. The number of anilines is 1. The highest BCUT2D eigenvalue weighted by molar-refractivity contribution is 8.02. The minimum atomic E-state index is -0.343. The molecule has 0 saturated carbocycles. The van der Waals surface area contributed by atoms with E-state index in [1.807, 2.05) is 38.1 Å². The Kier molecular flexibility index (Phi) is 7.69. The molecule has 0 bridgehead atoms. The van der Waals surface area contributed by atoms with Crippen LogP contribution in [0.5, 0.6) is 0 Å². The molecule has 1 saturated heterocycles. The molecule has 142 valence electrons. The van der Waals surface area contributed by atoms with Gasteiger partial charge in [0, 0.05) is 5.69 Å². The van der Waals surface area contributed by atoms with Crippen LogP contribution in [-0.2, 0) is 20.8 Å². The molecule has 0 aromatic heterocycles. The summed E-state index contributed by atoms with van der Waals surface area (Å²) in [6.45, 7) is 5.79. The third-order valence-electron chi connectivity index (χ3n) is 4.51. The zero-order valence-electron chi connectivity index (χ0n) is 15.8. The summed E-state index contributed by atoms with van der Waals surface area (Å²) in [5.41, 5.74) is 1.92. The number of aryl methyl sites for hydroxylation is 1. The maximum atomic E-state index is 12.5. The van der Waals surface area contributed by atoms with E-state index in [0.29, 0.717) is 18.5 Å². The topological polar surface area (TPSA) is 66.5 Å². The largest absolute Gasteiger partial charge is 0.325 e. The summed E-state index contributed by atoms with van der Waals surface area (Å²) in [6, 6.07) is 7.73. The van der Waals surface area contributed by atoms with Crippen LogP contribution in [0, 0.1) is 0 Å². The Morgan fingerprint density at radius 2 is 1.62 bits per heavy atom. The second kappa shape index (κ2) is 9.76. The van der Waals surface area contributed by atoms with Crippen LogP contribution in [0.4, 0.5) is 5.69 Å². The Bertz CT molecular complexity index is 623. The minimum Gasteiger partial charge on any atom is -0.325 e. The molecular weight excluding hydrogens is 348 g/mol. The number of nitrogens with zero attached hydrogens (tertiary/aromatic N) is 1. The first-order valence-corrected chi connectivity index (χ1v) is 10.3. The summed E-state index contributed by atoms with van der Waals surface area (Å²) in [7, 11) is 0. The van der Waals surface area contributed by atoms with Crippen LogP contribution in [0.15, 0.2) is 24.3 Å². The number of unbranched alkanes of at least 4 members (excludes halogenated alkanes) is 1. The van der Waals surface area contributed by atoms with Gasteiger partial charge in [-0.2, -0.15) is 0 Å². The molecule has 1 aromatic carbocycles. The number of hydrogen-bond donors (Lipinski definition) is 1. The smallest absolute Gasteiger partial charge is 0.244 e. The SMILES string of the molecule is CCCCc1ccc(NC(=O)CN2C(=O)[C@H](CC)S[C@H](CC)C2=O)cc1. The average Bonchev–Trinajstić information content (AvgIpc) is 2.65. The van der Waals surface area contributed by atoms with Crippen molar-refractivity contribution in [2.45, 2.75) is 63.4 Å². The van der Waals surface area contributed by atoms with E-state index < -0.39 is 0 Å². The molecule has 1 aliphatic heterocycles. The standard InChI is InChI=1S/C20H28N2O3S/c1-4-7-8-14-9-11-15(12-10-14)21-18(23)13-22-19(24)16(5-2)26-17(6-3)20(22)25/h9-12,16-17H,4-8,13H2,1-3H3,(H,21,23)/t16-,17+. The molecule has 1 aromatic rings. The van der Waals surface area contributed by atoms with Gasteiger partial charge < -0.3 is 5.32 Å². The number of amides is 3. The summed E-state index contributed by atoms with van der Waals surface area (Å²) in [5, 5.41) is 2.29. The van der Waals surface area contributed by atoms with Crippen LogP contribution in [0.3, 0.4) is 0 Å². The van der Waals surface area contributed by atoms with Crippen molar-refractivity contribution in [1.29, 1.82) is 0 Å². The maximum Gasteiger partial charge on any atom is 0.244 e. The molecule has 1 aliphatic rings. The zero-order valence-corrected chi connectivity index (χ0v) is 16.6. The van der Waals surface area contributed by atoms with Crippen LogP contribution in [-0.4, -0.2) is 39.7 Å². The molecule has 2 atom stereocenters. The molecule has 0 unspecified atom stereocenters. The van der Waals surface area contributed by atoms with E-state index in [1.54, 1.807) is 0 Å². The third-order valence-corrected chi connectivity index (χ3v) is 6.24. The van der Waals surface area contributed by atoms with Gasteiger partial charge in [-0.1, -0.05) is 39.3 Å². The van der Waals surface area contributed by atoms with Gasteiger partial charge in [0.1, 0.15) is 6.54 Å². The predicted molar refractivity (Wildman–Crippen MR) is 106 cm³/mol. The first kappa shape index (κ1) is 20.5. The quantitative estimate of drug-likeness (QED) is 0.704. The van der Waals surface area contributed by atoms with Crippen molar-refractivity contribution < 1.29 is 14.4 Å². The van der Waals surface area contributed by atoms with Crippen molar-refractivity contribution in [1.82, 2.24) is 4.90 Å². The summed E-state index contributed by atoms with van der Waals surface area (Å²) >= 11 is 1.42. The molecule has 1 fully saturated rings. The Balaban J connectivity index is 1.98. The minimum absolute atomic E-state index is 0.219. The van der Waals surface area contributed by atoms with Crippen LogP contribution in [0.2, 0.25) is 0 Å². The summed E-state index contributed by atoms with van der Waals surface area (Å²) in [4.78, 5) is 38.4. The summed E-state index contributed by atoms with van der Waals surface area (Å²) < 4.78 is 0.